The number of carbonyl (C=O) groups is 1. The molecule has 26 heavy (non-hydrogen) atoms. The minimum atomic E-state index is -0.878. The molecule has 0 bridgehead atoms. The van der Waals surface area contributed by atoms with Crippen molar-refractivity contribution < 1.29 is 14.4 Å². The number of hydrogen-bond acceptors (Lipinski definition) is 8. The van der Waals surface area contributed by atoms with Crippen molar-refractivity contribution in [2.24, 2.45) is 12.8 Å². The molecule has 0 aliphatic carbocycles. The van der Waals surface area contributed by atoms with E-state index in [0.29, 0.717) is 37.0 Å². The molecule has 4 rings (SSSR count). The molecule has 0 saturated heterocycles. The summed E-state index contributed by atoms with van der Waals surface area (Å²) in [5.41, 5.74) is 6.65. The standard InChI is InChI=1S/C15H18N8O3/c1-21-3-2-17-14(21)12(24)10-6-9-7-22(4-5-23(9)19-10)8-11-18-15(13(16)25)26-20-11/h2-3,6,12,24H,4-5,7-8H2,1H3,(H2,16,25)/t12-/m1/s1. The van der Waals surface area contributed by atoms with Gasteiger partial charge in [-0.25, -0.2) is 4.98 Å². The fourth-order valence-electron chi connectivity index (χ4n) is 3.00. The van der Waals surface area contributed by atoms with E-state index in [4.69, 9.17) is 10.3 Å². The summed E-state index contributed by atoms with van der Waals surface area (Å²) < 4.78 is 8.45. The Morgan fingerprint density at radius 2 is 2.31 bits per heavy atom. The van der Waals surface area contributed by atoms with Crippen LogP contribution in [0.5, 0.6) is 0 Å². The normalized spacial score (nSPS) is 15.8. The summed E-state index contributed by atoms with van der Waals surface area (Å²) >= 11 is 0. The fourth-order valence-corrected chi connectivity index (χ4v) is 3.00. The number of aliphatic hydroxyl groups excluding tert-OH is 1. The number of hydrogen-bond donors (Lipinski definition) is 2. The number of aromatic nitrogens is 6. The topological polar surface area (TPSA) is 141 Å². The fraction of sp³-hybridized carbons (Fsp3) is 0.400. The summed E-state index contributed by atoms with van der Waals surface area (Å²) in [5.74, 6) is 0.0130. The molecule has 0 fully saturated rings. The molecule has 3 aromatic heterocycles. The predicted molar refractivity (Wildman–Crippen MR) is 86.4 cm³/mol. The number of nitrogens with zero attached hydrogens (tertiary/aromatic N) is 7. The van der Waals surface area contributed by atoms with Gasteiger partial charge in [0, 0.05) is 32.5 Å². The second-order valence-electron chi connectivity index (χ2n) is 6.17. The first-order valence-electron chi connectivity index (χ1n) is 8.08. The zero-order chi connectivity index (χ0) is 18.3. The van der Waals surface area contributed by atoms with Gasteiger partial charge in [-0.3, -0.25) is 14.4 Å². The van der Waals surface area contributed by atoms with Gasteiger partial charge in [0.15, 0.2) is 11.9 Å². The number of fused-ring (bicyclic) bond motifs is 1. The lowest BCUT2D eigenvalue weighted by Crippen LogP contribution is -2.33. The van der Waals surface area contributed by atoms with Crippen LogP contribution in [0.25, 0.3) is 0 Å². The van der Waals surface area contributed by atoms with Crippen LogP contribution in [0.15, 0.2) is 23.0 Å². The van der Waals surface area contributed by atoms with Crippen molar-refractivity contribution in [3.05, 3.63) is 47.4 Å². The average Bonchev–Trinajstić information content (AvgIpc) is 3.33. The van der Waals surface area contributed by atoms with Crippen LogP contribution in [0.1, 0.15) is 39.8 Å². The van der Waals surface area contributed by atoms with Gasteiger partial charge in [-0.15, -0.1) is 0 Å². The van der Waals surface area contributed by atoms with Crippen molar-refractivity contribution in [2.45, 2.75) is 25.7 Å². The van der Waals surface area contributed by atoms with Gasteiger partial charge in [0.05, 0.1) is 24.5 Å². The molecule has 3 aromatic rings. The number of rotatable bonds is 5. The summed E-state index contributed by atoms with van der Waals surface area (Å²) in [4.78, 5) is 21.3. The molecule has 1 atom stereocenters. The van der Waals surface area contributed by atoms with Gasteiger partial charge in [-0.2, -0.15) is 10.1 Å². The van der Waals surface area contributed by atoms with Crippen molar-refractivity contribution in [1.29, 1.82) is 0 Å². The Morgan fingerprint density at radius 1 is 1.46 bits per heavy atom. The van der Waals surface area contributed by atoms with Crippen LogP contribution >= 0.6 is 0 Å². The zero-order valence-corrected chi connectivity index (χ0v) is 14.1. The van der Waals surface area contributed by atoms with E-state index in [0.717, 1.165) is 12.2 Å². The summed E-state index contributed by atoms with van der Waals surface area (Å²) in [6.45, 7) is 2.44. The molecule has 1 aliphatic heterocycles. The van der Waals surface area contributed by atoms with Crippen molar-refractivity contribution in [3.8, 4) is 0 Å². The number of primary amides is 1. The van der Waals surface area contributed by atoms with Gasteiger partial charge in [0.1, 0.15) is 5.82 Å². The van der Waals surface area contributed by atoms with Crippen molar-refractivity contribution in [2.75, 3.05) is 6.54 Å². The Morgan fingerprint density at radius 3 is 3.00 bits per heavy atom. The molecule has 11 heteroatoms. The second kappa shape index (κ2) is 6.35. The largest absolute Gasteiger partial charge is 0.379 e. The lowest BCUT2D eigenvalue weighted by molar-refractivity contribution is 0.0958. The van der Waals surface area contributed by atoms with Crippen LogP contribution in [0.2, 0.25) is 0 Å². The molecule has 4 heterocycles. The van der Waals surface area contributed by atoms with Crippen LogP contribution in [-0.4, -0.2) is 51.9 Å². The SMILES string of the molecule is Cn1ccnc1[C@H](O)c1cc2n(n1)CCN(Cc1noc(C(N)=O)n1)C2. The highest BCUT2D eigenvalue weighted by molar-refractivity contribution is 5.87. The van der Waals surface area contributed by atoms with Crippen molar-refractivity contribution in [1.82, 2.24) is 34.4 Å². The van der Waals surface area contributed by atoms with E-state index in [2.05, 4.69) is 25.1 Å². The van der Waals surface area contributed by atoms with E-state index < -0.39 is 12.0 Å². The number of amides is 1. The molecule has 1 amide bonds. The van der Waals surface area contributed by atoms with Crippen LogP contribution in [0.3, 0.4) is 0 Å². The van der Waals surface area contributed by atoms with Crippen LogP contribution < -0.4 is 5.73 Å². The van der Waals surface area contributed by atoms with E-state index in [1.807, 2.05) is 17.8 Å². The highest BCUT2D eigenvalue weighted by Gasteiger charge is 2.24. The number of aryl methyl sites for hydroxylation is 1. The van der Waals surface area contributed by atoms with Gasteiger partial charge < -0.3 is 19.9 Å². The molecule has 3 N–H and O–H groups in total. The Labute approximate surface area is 148 Å². The van der Waals surface area contributed by atoms with Gasteiger partial charge in [0.2, 0.25) is 0 Å². The lowest BCUT2D eigenvalue weighted by Gasteiger charge is -2.26. The molecule has 0 unspecified atom stereocenters. The quantitative estimate of drug-likeness (QED) is 0.603. The first-order valence-corrected chi connectivity index (χ1v) is 8.08. The van der Waals surface area contributed by atoms with Crippen molar-refractivity contribution >= 4 is 5.91 Å². The maximum atomic E-state index is 11.0. The van der Waals surface area contributed by atoms with Crippen LogP contribution in [-0.2, 0) is 26.7 Å². The molecular weight excluding hydrogens is 340 g/mol. The second-order valence-corrected chi connectivity index (χ2v) is 6.17. The monoisotopic (exact) mass is 358 g/mol. The summed E-state index contributed by atoms with van der Waals surface area (Å²) in [7, 11) is 1.83. The predicted octanol–water partition coefficient (Wildman–Crippen LogP) is -0.804. The molecule has 136 valence electrons. The van der Waals surface area contributed by atoms with E-state index in [1.165, 1.54) is 0 Å². The van der Waals surface area contributed by atoms with E-state index >= 15 is 0 Å². The number of nitrogens with two attached hydrogens (primary N) is 1. The third-order valence-corrected chi connectivity index (χ3v) is 4.32. The molecule has 0 radical (unpaired) electrons. The summed E-state index contributed by atoms with van der Waals surface area (Å²) in [6.07, 6.45) is 2.54. The van der Waals surface area contributed by atoms with E-state index in [9.17, 15) is 9.90 Å². The number of aliphatic hydroxyl groups is 1. The summed E-state index contributed by atoms with van der Waals surface area (Å²) in [6, 6.07) is 1.87. The third kappa shape index (κ3) is 2.97. The maximum Gasteiger partial charge on any atom is 0.315 e. The third-order valence-electron chi connectivity index (χ3n) is 4.32. The first-order chi connectivity index (χ1) is 12.5. The van der Waals surface area contributed by atoms with Crippen molar-refractivity contribution in [3.63, 3.8) is 0 Å². The molecule has 11 nitrogen and oxygen atoms in total. The highest BCUT2D eigenvalue weighted by atomic mass is 16.5. The Kier molecular flexibility index (Phi) is 4.01. The zero-order valence-electron chi connectivity index (χ0n) is 14.1. The van der Waals surface area contributed by atoms with E-state index in [-0.39, 0.29) is 5.89 Å². The van der Waals surface area contributed by atoms with Gasteiger partial charge >= 0.3 is 11.8 Å². The minimum absolute atomic E-state index is 0.192. The molecule has 1 aliphatic rings. The Balaban J connectivity index is 1.48. The maximum absolute atomic E-state index is 11.0. The number of carbonyl (C=O) groups excluding carboxylic acids is 1. The van der Waals surface area contributed by atoms with Crippen LogP contribution in [0, 0.1) is 0 Å². The number of imidazole rings is 1. The van der Waals surface area contributed by atoms with Gasteiger partial charge in [-0.05, 0) is 6.07 Å². The molecule has 0 aromatic carbocycles. The van der Waals surface area contributed by atoms with Crippen LogP contribution in [0.4, 0.5) is 0 Å². The van der Waals surface area contributed by atoms with E-state index in [1.54, 1.807) is 17.0 Å². The smallest absolute Gasteiger partial charge is 0.315 e. The average molecular weight is 358 g/mol. The Hall–Kier alpha value is -3.05. The molecule has 0 saturated carbocycles. The minimum Gasteiger partial charge on any atom is -0.379 e. The van der Waals surface area contributed by atoms with Gasteiger partial charge in [0.25, 0.3) is 0 Å². The molecular formula is C15H18N8O3. The lowest BCUT2D eigenvalue weighted by atomic mass is 10.2. The molecule has 0 spiro atoms. The highest BCUT2D eigenvalue weighted by Crippen LogP contribution is 2.23. The first kappa shape index (κ1) is 16.4. The Bertz CT molecular complexity index is 942. The summed E-state index contributed by atoms with van der Waals surface area (Å²) in [5, 5.41) is 18.8. The van der Waals surface area contributed by atoms with Gasteiger partial charge in [-0.1, -0.05) is 5.16 Å².